The standard InChI is InChI=1S/C12H16O2/c1-10-7-8-13-9-12(14-10)11-5-3-2-4-6-11/h2-6,10,12H,7-9H2,1H3. The van der Waals surface area contributed by atoms with E-state index in [1.54, 1.807) is 0 Å². The average molecular weight is 192 g/mol. The Kier molecular flexibility index (Phi) is 3.17. The predicted octanol–water partition coefficient (Wildman–Crippen LogP) is 2.55. The van der Waals surface area contributed by atoms with Gasteiger partial charge in [0.15, 0.2) is 0 Å². The fourth-order valence-electron chi connectivity index (χ4n) is 1.67. The van der Waals surface area contributed by atoms with Gasteiger partial charge in [-0.25, -0.2) is 0 Å². The molecule has 76 valence electrons. The molecule has 2 unspecified atom stereocenters. The van der Waals surface area contributed by atoms with Gasteiger partial charge in [0.1, 0.15) is 6.10 Å². The van der Waals surface area contributed by atoms with E-state index in [4.69, 9.17) is 9.47 Å². The minimum atomic E-state index is 0.105. The summed E-state index contributed by atoms with van der Waals surface area (Å²) < 4.78 is 11.4. The third-order valence-corrected chi connectivity index (χ3v) is 2.51. The van der Waals surface area contributed by atoms with Crippen LogP contribution in [-0.2, 0) is 9.47 Å². The quantitative estimate of drug-likeness (QED) is 0.680. The number of benzene rings is 1. The van der Waals surface area contributed by atoms with Gasteiger partial charge in [-0.15, -0.1) is 0 Å². The highest BCUT2D eigenvalue weighted by atomic mass is 16.5. The summed E-state index contributed by atoms with van der Waals surface area (Å²) in [5.41, 5.74) is 1.21. The van der Waals surface area contributed by atoms with Crippen molar-refractivity contribution in [2.45, 2.75) is 25.6 Å². The lowest BCUT2D eigenvalue weighted by Crippen LogP contribution is -2.13. The molecule has 0 spiro atoms. The maximum atomic E-state index is 5.87. The Bertz CT molecular complexity index is 271. The average Bonchev–Trinajstić information content (AvgIpc) is 2.44. The molecule has 0 aliphatic carbocycles. The van der Waals surface area contributed by atoms with Crippen LogP contribution < -0.4 is 0 Å². The van der Waals surface area contributed by atoms with Crippen LogP contribution in [0.5, 0.6) is 0 Å². The summed E-state index contributed by atoms with van der Waals surface area (Å²) in [6.07, 6.45) is 1.39. The number of ether oxygens (including phenoxy) is 2. The lowest BCUT2D eigenvalue weighted by Gasteiger charge is -2.18. The molecule has 1 fully saturated rings. The third-order valence-electron chi connectivity index (χ3n) is 2.51. The fraction of sp³-hybridized carbons (Fsp3) is 0.500. The highest BCUT2D eigenvalue weighted by molar-refractivity contribution is 5.17. The monoisotopic (exact) mass is 192 g/mol. The van der Waals surface area contributed by atoms with Gasteiger partial charge in [0.2, 0.25) is 0 Å². The van der Waals surface area contributed by atoms with Gasteiger partial charge in [0.25, 0.3) is 0 Å². The molecule has 2 nitrogen and oxygen atoms in total. The normalized spacial score (nSPS) is 28.4. The number of hydrogen-bond donors (Lipinski definition) is 0. The number of rotatable bonds is 1. The second kappa shape index (κ2) is 4.58. The van der Waals surface area contributed by atoms with E-state index in [2.05, 4.69) is 19.1 Å². The molecular formula is C12H16O2. The smallest absolute Gasteiger partial charge is 0.106 e. The van der Waals surface area contributed by atoms with Crippen LogP contribution in [-0.4, -0.2) is 19.3 Å². The topological polar surface area (TPSA) is 18.5 Å². The second-order valence-corrected chi connectivity index (χ2v) is 3.71. The molecule has 0 aromatic heterocycles. The Hall–Kier alpha value is -0.860. The van der Waals surface area contributed by atoms with Crippen molar-refractivity contribution in [1.82, 2.24) is 0 Å². The first-order chi connectivity index (χ1) is 6.86. The van der Waals surface area contributed by atoms with Crippen LogP contribution >= 0.6 is 0 Å². The summed E-state index contributed by atoms with van der Waals surface area (Å²) in [6.45, 7) is 3.59. The molecule has 0 saturated carbocycles. The van der Waals surface area contributed by atoms with Crippen molar-refractivity contribution in [3.8, 4) is 0 Å². The molecule has 1 heterocycles. The van der Waals surface area contributed by atoms with Gasteiger partial charge >= 0.3 is 0 Å². The molecule has 0 bridgehead atoms. The molecule has 1 saturated heterocycles. The van der Waals surface area contributed by atoms with Gasteiger partial charge in [-0.3, -0.25) is 0 Å². The Balaban J connectivity index is 2.09. The summed E-state index contributed by atoms with van der Waals surface area (Å²) in [7, 11) is 0. The van der Waals surface area contributed by atoms with Crippen molar-refractivity contribution in [3.63, 3.8) is 0 Å². The molecule has 0 radical (unpaired) electrons. The minimum absolute atomic E-state index is 0.105. The molecule has 2 heteroatoms. The first-order valence-corrected chi connectivity index (χ1v) is 5.14. The molecule has 14 heavy (non-hydrogen) atoms. The van der Waals surface area contributed by atoms with E-state index in [0.29, 0.717) is 12.7 Å². The van der Waals surface area contributed by atoms with E-state index in [-0.39, 0.29) is 6.10 Å². The van der Waals surface area contributed by atoms with Gasteiger partial charge in [-0.05, 0) is 18.9 Å². The Labute approximate surface area is 84.8 Å². The minimum Gasteiger partial charge on any atom is -0.378 e. The molecule has 2 atom stereocenters. The zero-order valence-electron chi connectivity index (χ0n) is 8.48. The van der Waals surface area contributed by atoms with Crippen molar-refractivity contribution in [2.24, 2.45) is 0 Å². The van der Waals surface area contributed by atoms with Crippen LogP contribution in [0.1, 0.15) is 25.0 Å². The predicted molar refractivity (Wildman–Crippen MR) is 55.2 cm³/mol. The SMILES string of the molecule is CC1CCOCC(c2ccccc2)O1. The van der Waals surface area contributed by atoms with Crippen LogP contribution in [0.25, 0.3) is 0 Å². The van der Waals surface area contributed by atoms with Gasteiger partial charge in [-0.2, -0.15) is 0 Å². The maximum Gasteiger partial charge on any atom is 0.106 e. The first-order valence-electron chi connectivity index (χ1n) is 5.14. The maximum absolute atomic E-state index is 5.87. The number of hydrogen-bond acceptors (Lipinski definition) is 2. The van der Waals surface area contributed by atoms with E-state index in [1.165, 1.54) is 5.56 Å². The highest BCUT2D eigenvalue weighted by Crippen LogP contribution is 2.22. The highest BCUT2D eigenvalue weighted by Gasteiger charge is 2.18. The van der Waals surface area contributed by atoms with Crippen LogP contribution in [0.4, 0.5) is 0 Å². The lowest BCUT2D eigenvalue weighted by molar-refractivity contribution is -0.0121. The molecule has 1 aromatic rings. The van der Waals surface area contributed by atoms with Crippen LogP contribution in [0.3, 0.4) is 0 Å². The molecule has 1 aromatic carbocycles. The van der Waals surface area contributed by atoms with Crippen molar-refractivity contribution < 1.29 is 9.47 Å². The summed E-state index contributed by atoms with van der Waals surface area (Å²) in [4.78, 5) is 0. The van der Waals surface area contributed by atoms with Crippen molar-refractivity contribution >= 4 is 0 Å². The van der Waals surface area contributed by atoms with Crippen molar-refractivity contribution in [3.05, 3.63) is 35.9 Å². The van der Waals surface area contributed by atoms with Crippen LogP contribution in [0.2, 0.25) is 0 Å². The van der Waals surface area contributed by atoms with Gasteiger partial charge < -0.3 is 9.47 Å². The van der Waals surface area contributed by atoms with E-state index in [1.807, 2.05) is 18.2 Å². The summed E-state index contributed by atoms with van der Waals surface area (Å²) in [5.74, 6) is 0. The van der Waals surface area contributed by atoms with E-state index >= 15 is 0 Å². The van der Waals surface area contributed by atoms with Gasteiger partial charge in [0.05, 0.1) is 12.7 Å². The molecule has 0 amide bonds. The third kappa shape index (κ3) is 2.34. The van der Waals surface area contributed by atoms with Crippen molar-refractivity contribution in [1.29, 1.82) is 0 Å². The summed E-state index contributed by atoms with van der Waals surface area (Å²) in [6, 6.07) is 10.3. The zero-order chi connectivity index (χ0) is 9.80. The summed E-state index contributed by atoms with van der Waals surface area (Å²) in [5, 5.41) is 0. The molecular weight excluding hydrogens is 176 g/mol. The zero-order valence-corrected chi connectivity index (χ0v) is 8.48. The molecule has 2 rings (SSSR count). The molecule has 1 aliphatic rings. The first kappa shape index (κ1) is 9.69. The van der Waals surface area contributed by atoms with Crippen LogP contribution in [0, 0.1) is 0 Å². The van der Waals surface area contributed by atoms with Crippen LogP contribution in [0.15, 0.2) is 30.3 Å². The fourth-order valence-corrected chi connectivity index (χ4v) is 1.67. The van der Waals surface area contributed by atoms with E-state index < -0.39 is 0 Å². The van der Waals surface area contributed by atoms with Crippen molar-refractivity contribution in [2.75, 3.05) is 13.2 Å². The Morgan fingerprint density at radius 1 is 1.21 bits per heavy atom. The summed E-state index contributed by atoms with van der Waals surface area (Å²) >= 11 is 0. The van der Waals surface area contributed by atoms with Gasteiger partial charge in [0, 0.05) is 6.61 Å². The Morgan fingerprint density at radius 2 is 2.00 bits per heavy atom. The lowest BCUT2D eigenvalue weighted by atomic mass is 10.1. The van der Waals surface area contributed by atoms with Gasteiger partial charge in [-0.1, -0.05) is 30.3 Å². The Morgan fingerprint density at radius 3 is 2.79 bits per heavy atom. The second-order valence-electron chi connectivity index (χ2n) is 3.71. The molecule has 1 aliphatic heterocycles. The van der Waals surface area contributed by atoms with E-state index in [0.717, 1.165) is 13.0 Å². The molecule has 0 N–H and O–H groups in total. The van der Waals surface area contributed by atoms with E-state index in [9.17, 15) is 0 Å². The largest absolute Gasteiger partial charge is 0.378 e.